The molecule has 0 unspecified atom stereocenters. The third-order valence-electron chi connectivity index (χ3n) is 2.69. The molecule has 6 heteroatoms. The van der Waals surface area contributed by atoms with Crippen molar-refractivity contribution in [1.82, 2.24) is 9.88 Å². The highest BCUT2D eigenvalue weighted by Crippen LogP contribution is 2.14. The van der Waals surface area contributed by atoms with Crippen molar-refractivity contribution < 1.29 is 14.3 Å². The van der Waals surface area contributed by atoms with Gasteiger partial charge < -0.3 is 14.4 Å². The molecule has 0 aliphatic carbocycles. The van der Waals surface area contributed by atoms with Crippen molar-refractivity contribution in [3.63, 3.8) is 0 Å². The van der Waals surface area contributed by atoms with E-state index in [9.17, 15) is 4.79 Å². The minimum atomic E-state index is -0.421. The fourth-order valence-electron chi connectivity index (χ4n) is 1.60. The Hall–Kier alpha value is -2.37. The van der Waals surface area contributed by atoms with Crippen molar-refractivity contribution in [2.45, 2.75) is 13.8 Å². The van der Waals surface area contributed by atoms with Gasteiger partial charge in [-0.2, -0.15) is 0 Å². The van der Waals surface area contributed by atoms with E-state index in [4.69, 9.17) is 9.47 Å². The first-order valence-electron chi connectivity index (χ1n) is 6.76. The van der Waals surface area contributed by atoms with Gasteiger partial charge in [-0.15, -0.1) is 0 Å². The van der Waals surface area contributed by atoms with Crippen LogP contribution in [0.2, 0.25) is 0 Å². The van der Waals surface area contributed by atoms with Crippen LogP contribution >= 0.6 is 0 Å². The van der Waals surface area contributed by atoms with Crippen LogP contribution < -0.4 is 4.74 Å². The van der Waals surface area contributed by atoms with Gasteiger partial charge in [-0.05, 0) is 26.0 Å². The number of nitrogens with zero attached hydrogens (tertiary/aromatic N) is 3. The minimum Gasteiger partial charge on any atom is -0.483 e. The van der Waals surface area contributed by atoms with Crippen molar-refractivity contribution in [2.75, 3.05) is 26.7 Å². The SMILES string of the molecule is C=C(COc1cccnc1/C=N/C)OC(=O)N(CC)CC. The summed E-state index contributed by atoms with van der Waals surface area (Å²) in [5.74, 6) is 0.804. The molecule has 1 rings (SSSR count). The summed E-state index contributed by atoms with van der Waals surface area (Å²) in [6, 6.07) is 3.52. The number of carbonyl (C=O) groups excluding carboxylic acids is 1. The fraction of sp³-hybridized carbons (Fsp3) is 0.400. The molecule has 0 radical (unpaired) electrons. The van der Waals surface area contributed by atoms with Gasteiger partial charge >= 0.3 is 6.09 Å². The van der Waals surface area contributed by atoms with Gasteiger partial charge in [0.25, 0.3) is 0 Å². The van der Waals surface area contributed by atoms with E-state index in [0.717, 1.165) is 0 Å². The lowest BCUT2D eigenvalue weighted by molar-refractivity contribution is 0.123. The van der Waals surface area contributed by atoms with Gasteiger partial charge in [0, 0.05) is 26.3 Å². The average Bonchev–Trinajstić information content (AvgIpc) is 2.48. The van der Waals surface area contributed by atoms with Crippen molar-refractivity contribution in [1.29, 1.82) is 0 Å². The average molecular weight is 291 g/mol. The second kappa shape index (κ2) is 8.73. The predicted molar refractivity (Wildman–Crippen MR) is 81.8 cm³/mol. The van der Waals surface area contributed by atoms with Crippen LogP contribution in [-0.2, 0) is 4.74 Å². The van der Waals surface area contributed by atoms with E-state index < -0.39 is 6.09 Å². The molecular formula is C15H21N3O3. The van der Waals surface area contributed by atoms with E-state index in [2.05, 4.69) is 16.6 Å². The Bertz CT molecular complexity index is 511. The van der Waals surface area contributed by atoms with Crippen LogP contribution in [-0.4, -0.2) is 48.9 Å². The van der Waals surface area contributed by atoms with Gasteiger partial charge in [0.05, 0.1) is 6.21 Å². The number of ether oxygens (including phenoxy) is 2. The summed E-state index contributed by atoms with van der Waals surface area (Å²) in [6.07, 6.45) is 2.83. The van der Waals surface area contributed by atoms with Gasteiger partial charge in [0.2, 0.25) is 0 Å². The number of pyridine rings is 1. The molecule has 0 spiro atoms. The first-order valence-corrected chi connectivity index (χ1v) is 6.76. The largest absolute Gasteiger partial charge is 0.483 e. The van der Waals surface area contributed by atoms with E-state index in [1.807, 2.05) is 13.8 Å². The maximum atomic E-state index is 11.8. The molecule has 0 aliphatic heterocycles. The Kier molecular flexibility index (Phi) is 6.94. The van der Waals surface area contributed by atoms with Crippen LogP contribution in [0.1, 0.15) is 19.5 Å². The lowest BCUT2D eigenvalue weighted by atomic mass is 10.3. The molecule has 0 aliphatic rings. The van der Waals surface area contributed by atoms with Gasteiger partial charge in [0.1, 0.15) is 23.8 Å². The lowest BCUT2D eigenvalue weighted by Crippen LogP contribution is -2.31. The molecule has 0 saturated heterocycles. The first kappa shape index (κ1) is 16.7. The Balaban J connectivity index is 2.56. The molecule has 6 nitrogen and oxygen atoms in total. The number of hydrogen-bond acceptors (Lipinski definition) is 5. The van der Waals surface area contributed by atoms with E-state index in [-0.39, 0.29) is 12.4 Å². The van der Waals surface area contributed by atoms with Gasteiger partial charge in [-0.25, -0.2) is 4.79 Å². The maximum absolute atomic E-state index is 11.8. The second-order valence-electron chi connectivity index (χ2n) is 4.14. The zero-order valence-corrected chi connectivity index (χ0v) is 12.7. The summed E-state index contributed by atoms with van der Waals surface area (Å²) in [5, 5.41) is 0. The monoisotopic (exact) mass is 291 g/mol. The minimum absolute atomic E-state index is 0.0727. The summed E-state index contributed by atoms with van der Waals surface area (Å²) in [6.45, 7) is 8.70. The lowest BCUT2D eigenvalue weighted by Gasteiger charge is -2.18. The standard InChI is InChI=1S/C15H21N3O3/c1-5-18(6-2)15(19)21-12(3)11-20-14-8-7-9-17-13(14)10-16-4/h7-10H,3,5-6,11H2,1-2,4H3/b16-10+. The molecule has 0 aromatic carbocycles. The third kappa shape index (κ3) is 5.25. The van der Waals surface area contributed by atoms with Crippen LogP contribution in [0.3, 0.4) is 0 Å². The molecule has 0 saturated carbocycles. The highest BCUT2D eigenvalue weighted by molar-refractivity contribution is 5.80. The van der Waals surface area contributed by atoms with Crippen molar-refractivity contribution in [3.8, 4) is 5.75 Å². The fourth-order valence-corrected chi connectivity index (χ4v) is 1.60. The molecule has 0 fully saturated rings. The summed E-state index contributed by atoms with van der Waals surface area (Å²) in [4.78, 5) is 21.4. The van der Waals surface area contributed by atoms with E-state index in [0.29, 0.717) is 24.5 Å². The predicted octanol–water partition coefficient (Wildman–Crippen LogP) is 2.50. The number of aromatic nitrogens is 1. The van der Waals surface area contributed by atoms with Gasteiger partial charge in [-0.3, -0.25) is 9.98 Å². The molecule has 1 amide bonds. The Morgan fingerprint density at radius 2 is 2.19 bits per heavy atom. The smallest absolute Gasteiger partial charge is 0.414 e. The second-order valence-corrected chi connectivity index (χ2v) is 4.14. The Labute approximate surface area is 125 Å². The number of aliphatic imine (C=N–C) groups is 1. The molecule has 0 N–H and O–H groups in total. The van der Waals surface area contributed by atoms with Gasteiger partial charge in [0.15, 0.2) is 0 Å². The van der Waals surface area contributed by atoms with Crippen LogP contribution in [0.15, 0.2) is 35.7 Å². The number of carbonyl (C=O) groups is 1. The number of hydrogen-bond donors (Lipinski definition) is 0. The zero-order chi connectivity index (χ0) is 15.7. The molecule has 0 atom stereocenters. The maximum Gasteiger partial charge on any atom is 0.414 e. The number of amides is 1. The van der Waals surface area contributed by atoms with Crippen molar-refractivity contribution in [2.24, 2.45) is 4.99 Å². The molecule has 0 bridgehead atoms. The third-order valence-corrected chi connectivity index (χ3v) is 2.69. The summed E-state index contributed by atoms with van der Waals surface area (Å²) in [7, 11) is 1.66. The Morgan fingerprint density at radius 1 is 1.48 bits per heavy atom. The van der Waals surface area contributed by atoms with Crippen LogP contribution in [0.4, 0.5) is 4.79 Å². The summed E-state index contributed by atoms with van der Waals surface area (Å²) >= 11 is 0. The van der Waals surface area contributed by atoms with E-state index in [1.54, 1.807) is 36.5 Å². The summed E-state index contributed by atoms with van der Waals surface area (Å²) in [5.41, 5.74) is 0.614. The quantitative estimate of drug-likeness (QED) is 0.572. The van der Waals surface area contributed by atoms with Crippen molar-refractivity contribution in [3.05, 3.63) is 36.4 Å². The topological polar surface area (TPSA) is 64.0 Å². The molecule has 1 heterocycles. The molecule has 114 valence electrons. The van der Waals surface area contributed by atoms with Crippen molar-refractivity contribution >= 4 is 12.3 Å². The van der Waals surface area contributed by atoms with E-state index in [1.165, 1.54) is 0 Å². The molecule has 1 aromatic rings. The Morgan fingerprint density at radius 3 is 2.81 bits per heavy atom. The molecule has 1 aromatic heterocycles. The highest BCUT2D eigenvalue weighted by Gasteiger charge is 2.13. The van der Waals surface area contributed by atoms with Crippen LogP contribution in [0.5, 0.6) is 5.75 Å². The highest BCUT2D eigenvalue weighted by atomic mass is 16.6. The molecular weight excluding hydrogens is 270 g/mol. The summed E-state index contributed by atoms with van der Waals surface area (Å²) < 4.78 is 10.7. The number of rotatable bonds is 7. The van der Waals surface area contributed by atoms with Crippen LogP contribution in [0.25, 0.3) is 0 Å². The van der Waals surface area contributed by atoms with Crippen LogP contribution in [0, 0.1) is 0 Å². The molecule has 21 heavy (non-hydrogen) atoms. The zero-order valence-electron chi connectivity index (χ0n) is 12.7. The van der Waals surface area contributed by atoms with E-state index >= 15 is 0 Å². The first-order chi connectivity index (χ1) is 10.1. The normalized spacial score (nSPS) is 10.4. The van der Waals surface area contributed by atoms with Gasteiger partial charge in [-0.1, -0.05) is 6.58 Å².